The molecule has 0 aromatic heterocycles. The summed E-state index contributed by atoms with van der Waals surface area (Å²) in [5.74, 6) is 1.01. The Labute approximate surface area is 118 Å². The summed E-state index contributed by atoms with van der Waals surface area (Å²) < 4.78 is 5.11. The van der Waals surface area contributed by atoms with E-state index in [2.05, 4.69) is 5.32 Å². The first-order valence-electron chi connectivity index (χ1n) is 6.49. The standard InChI is InChI=1S/C16H19NO3/c1-11(16-14(18)4-3-5-15(16)19)17-10-12-6-8-13(20-2)9-7-12/h3-9,11,17-19H,10H2,1-2H3. The summed E-state index contributed by atoms with van der Waals surface area (Å²) in [4.78, 5) is 0. The highest BCUT2D eigenvalue weighted by atomic mass is 16.5. The minimum Gasteiger partial charge on any atom is -0.507 e. The lowest BCUT2D eigenvalue weighted by atomic mass is 10.1. The summed E-state index contributed by atoms with van der Waals surface area (Å²) in [6.45, 7) is 2.54. The molecule has 0 aliphatic heterocycles. The van der Waals surface area contributed by atoms with Crippen LogP contribution in [-0.2, 0) is 6.54 Å². The molecule has 2 rings (SSSR count). The highest BCUT2D eigenvalue weighted by molar-refractivity contribution is 5.45. The number of nitrogens with one attached hydrogen (secondary N) is 1. The highest BCUT2D eigenvalue weighted by Gasteiger charge is 2.14. The van der Waals surface area contributed by atoms with E-state index in [1.807, 2.05) is 31.2 Å². The van der Waals surface area contributed by atoms with Crippen molar-refractivity contribution in [2.24, 2.45) is 0 Å². The van der Waals surface area contributed by atoms with Gasteiger partial charge in [0.05, 0.1) is 12.7 Å². The Morgan fingerprint density at radius 1 is 1.05 bits per heavy atom. The van der Waals surface area contributed by atoms with Crippen LogP contribution in [0.1, 0.15) is 24.1 Å². The van der Waals surface area contributed by atoms with E-state index in [1.54, 1.807) is 25.3 Å². The second-order valence-electron chi connectivity index (χ2n) is 4.66. The highest BCUT2D eigenvalue weighted by Crippen LogP contribution is 2.32. The average Bonchev–Trinajstić information content (AvgIpc) is 2.45. The van der Waals surface area contributed by atoms with Gasteiger partial charge < -0.3 is 20.3 Å². The Morgan fingerprint density at radius 3 is 2.20 bits per heavy atom. The Morgan fingerprint density at radius 2 is 1.65 bits per heavy atom. The van der Waals surface area contributed by atoms with Crippen molar-refractivity contribution in [3.05, 3.63) is 53.6 Å². The van der Waals surface area contributed by atoms with E-state index in [0.717, 1.165) is 11.3 Å². The molecule has 106 valence electrons. The Bertz CT molecular complexity index is 546. The second kappa shape index (κ2) is 6.30. The van der Waals surface area contributed by atoms with Crippen LogP contribution in [0, 0.1) is 0 Å². The van der Waals surface area contributed by atoms with Crippen molar-refractivity contribution in [3.63, 3.8) is 0 Å². The topological polar surface area (TPSA) is 61.7 Å². The van der Waals surface area contributed by atoms with Crippen molar-refractivity contribution < 1.29 is 14.9 Å². The fourth-order valence-corrected chi connectivity index (χ4v) is 2.10. The van der Waals surface area contributed by atoms with E-state index in [9.17, 15) is 10.2 Å². The van der Waals surface area contributed by atoms with Gasteiger partial charge in [-0.15, -0.1) is 0 Å². The van der Waals surface area contributed by atoms with Crippen molar-refractivity contribution in [1.29, 1.82) is 0 Å². The van der Waals surface area contributed by atoms with Crippen LogP contribution in [0.2, 0.25) is 0 Å². The van der Waals surface area contributed by atoms with Gasteiger partial charge in [0.1, 0.15) is 17.2 Å². The molecule has 0 heterocycles. The molecule has 2 aromatic rings. The van der Waals surface area contributed by atoms with Gasteiger partial charge >= 0.3 is 0 Å². The maximum atomic E-state index is 9.81. The normalized spacial score (nSPS) is 12.1. The smallest absolute Gasteiger partial charge is 0.124 e. The van der Waals surface area contributed by atoms with Gasteiger partial charge in [0, 0.05) is 12.6 Å². The lowest BCUT2D eigenvalue weighted by molar-refractivity contribution is 0.414. The molecule has 4 heteroatoms. The Kier molecular flexibility index (Phi) is 4.48. The molecule has 0 spiro atoms. The van der Waals surface area contributed by atoms with Gasteiger partial charge in [-0.2, -0.15) is 0 Å². The van der Waals surface area contributed by atoms with Crippen molar-refractivity contribution in [2.45, 2.75) is 19.5 Å². The van der Waals surface area contributed by atoms with Crippen molar-refractivity contribution in [2.75, 3.05) is 7.11 Å². The Balaban J connectivity index is 2.02. The fourth-order valence-electron chi connectivity index (χ4n) is 2.10. The lowest BCUT2D eigenvalue weighted by Crippen LogP contribution is -2.18. The van der Waals surface area contributed by atoms with Crippen molar-refractivity contribution in [3.8, 4) is 17.2 Å². The number of benzene rings is 2. The number of rotatable bonds is 5. The zero-order valence-corrected chi connectivity index (χ0v) is 11.6. The molecule has 3 N–H and O–H groups in total. The summed E-state index contributed by atoms with van der Waals surface area (Å²) in [6.07, 6.45) is 0. The monoisotopic (exact) mass is 273 g/mol. The molecule has 0 aliphatic carbocycles. The third kappa shape index (κ3) is 3.22. The van der Waals surface area contributed by atoms with Gasteiger partial charge in [0.25, 0.3) is 0 Å². The van der Waals surface area contributed by atoms with E-state index < -0.39 is 0 Å². The number of ether oxygens (including phenoxy) is 1. The summed E-state index contributed by atoms with van der Waals surface area (Å²) in [5, 5.41) is 22.9. The largest absolute Gasteiger partial charge is 0.507 e. The molecule has 2 aromatic carbocycles. The van der Waals surface area contributed by atoms with E-state index in [4.69, 9.17) is 4.74 Å². The van der Waals surface area contributed by atoms with Gasteiger partial charge in [-0.3, -0.25) is 0 Å². The van der Waals surface area contributed by atoms with Crippen LogP contribution < -0.4 is 10.1 Å². The first-order chi connectivity index (χ1) is 9.61. The quantitative estimate of drug-likeness (QED) is 0.784. The summed E-state index contributed by atoms with van der Waals surface area (Å²) >= 11 is 0. The van der Waals surface area contributed by atoms with Gasteiger partial charge in [-0.25, -0.2) is 0 Å². The third-order valence-electron chi connectivity index (χ3n) is 3.26. The first-order valence-corrected chi connectivity index (χ1v) is 6.49. The molecule has 4 nitrogen and oxygen atoms in total. The predicted octanol–water partition coefficient (Wildman–Crippen LogP) is 2.96. The average molecular weight is 273 g/mol. The molecule has 1 unspecified atom stereocenters. The van der Waals surface area contributed by atoms with Crippen LogP contribution in [0.5, 0.6) is 17.2 Å². The SMILES string of the molecule is COc1ccc(CNC(C)c2c(O)cccc2O)cc1. The van der Waals surface area contributed by atoms with Crippen molar-refractivity contribution in [1.82, 2.24) is 5.32 Å². The van der Waals surface area contributed by atoms with E-state index >= 15 is 0 Å². The van der Waals surface area contributed by atoms with Gasteiger partial charge in [0.2, 0.25) is 0 Å². The predicted molar refractivity (Wildman–Crippen MR) is 78.0 cm³/mol. The molecule has 20 heavy (non-hydrogen) atoms. The van der Waals surface area contributed by atoms with Crippen LogP contribution in [0.4, 0.5) is 0 Å². The van der Waals surface area contributed by atoms with E-state index in [0.29, 0.717) is 12.1 Å². The summed E-state index contributed by atoms with van der Waals surface area (Å²) in [7, 11) is 1.64. The second-order valence-corrected chi connectivity index (χ2v) is 4.66. The summed E-state index contributed by atoms with van der Waals surface area (Å²) in [6, 6.07) is 12.4. The third-order valence-corrected chi connectivity index (χ3v) is 3.26. The molecule has 0 bridgehead atoms. The number of phenolic OH excluding ortho intramolecular Hbond substituents is 2. The minimum atomic E-state index is -0.154. The molecule has 0 saturated carbocycles. The van der Waals surface area contributed by atoms with Crippen LogP contribution in [0.15, 0.2) is 42.5 Å². The van der Waals surface area contributed by atoms with Crippen LogP contribution in [0.25, 0.3) is 0 Å². The first kappa shape index (κ1) is 14.2. The number of aromatic hydroxyl groups is 2. The Hall–Kier alpha value is -2.20. The zero-order chi connectivity index (χ0) is 14.5. The maximum Gasteiger partial charge on any atom is 0.124 e. The molecular weight excluding hydrogens is 254 g/mol. The molecule has 0 fully saturated rings. The lowest BCUT2D eigenvalue weighted by Gasteiger charge is -2.17. The maximum absolute atomic E-state index is 9.81. The number of hydrogen-bond donors (Lipinski definition) is 3. The van der Waals surface area contributed by atoms with Crippen LogP contribution >= 0.6 is 0 Å². The van der Waals surface area contributed by atoms with Crippen LogP contribution in [-0.4, -0.2) is 17.3 Å². The zero-order valence-electron chi connectivity index (χ0n) is 11.6. The summed E-state index contributed by atoms with van der Waals surface area (Å²) in [5.41, 5.74) is 1.62. The number of phenols is 2. The molecule has 0 amide bonds. The van der Waals surface area contributed by atoms with Crippen molar-refractivity contribution >= 4 is 0 Å². The molecule has 1 atom stereocenters. The number of methoxy groups -OCH3 is 1. The molecule has 0 radical (unpaired) electrons. The fraction of sp³-hybridized carbons (Fsp3) is 0.250. The minimum absolute atomic E-state index is 0.0970. The van der Waals surface area contributed by atoms with Gasteiger partial charge in [-0.05, 0) is 36.8 Å². The molecule has 0 saturated heterocycles. The van der Waals surface area contributed by atoms with Crippen LogP contribution in [0.3, 0.4) is 0 Å². The van der Waals surface area contributed by atoms with Gasteiger partial charge in [0.15, 0.2) is 0 Å². The van der Waals surface area contributed by atoms with E-state index in [-0.39, 0.29) is 17.5 Å². The number of hydrogen-bond acceptors (Lipinski definition) is 4. The van der Waals surface area contributed by atoms with Gasteiger partial charge in [-0.1, -0.05) is 18.2 Å². The molecular formula is C16H19NO3. The van der Waals surface area contributed by atoms with E-state index in [1.165, 1.54) is 0 Å². The molecule has 0 aliphatic rings.